The summed E-state index contributed by atoms with van der Waals surface area (Å²) in [6, 6.07) is 5.11. The molecule has 21 heavy (non-hydrogen) atoms. The zero-order chi connectivity index (χ0) is 14.8. The topological polar surface area (TPSA) is 38.5 Å². The highest BCUT2D eigenvalue weighted by atomic mass is 35.5. The first-order chi connectivity index (χ1) is 10.2. The summed E-state index contributed by atoms with van der Waals surface area (Å²) in [5.74, 6) is -0.301. The van der Waals surface area contributed by atoms with Crippen LogP contribution in [0.15, 0.2) is 18.2 Å². The van der Waals surface area contributed by atoms with Crippen molar-refractivity contribution in [2.45, 2.75) is 43.9 Å². The molecule has 3 unspecified atom stereocenters. The molecule has 0 radical (unpaired) electrons. The van der Waals surface area contributed by atoms with Crippen molar-refractivity contribution < 1.29 is 9.13 Å². The Morgan fingerprint density at radius 3 is 2.90 bits per heavy atom. The van der Waals surface area contributed by atoms with Crippen LogP contribution in [-0.4, -0.2) is 36.7 Å². The molecule has 116 valence electrons. The van der Waals surface area contributed by atoms with Gasteiger partial charge in [0, 0.05) is 30.2 Å². The SMILES string of the molecule is NCC(c1cc(F)cc(Cl)c1)N1CCOC2CCCCC21. The van der Waals surface area contributed by atoms with Crippen LogP contribution < -0.4 is 5.73 Å². The quantitative estimate of drug-likeness (QED) is 0.932. The van der Waals surface area contributed by atoms with E-state index in [1.165, 1.54) is 18.9 Å². The normalized spacial score (nSPS) is 28.1. The first-order valence-corrected chi connectivity index (χ1v) is 8.10. The summed E-state index contributed by atoms with van der Waals surface area (Å²) >= 11 is 6.00. The van der Waals surface area contributed by atoms with Crippen LogP contribution in [0, 0.1) is 5.82 Å². The van der Waals surface area contributed by atoms with Crippen molar-refractivity contribution in [1.82, 2.24) is 4.90 Å². The van der Waals surface area contributed by atoms with Crippen molar-refractivity contribution in [2.75, 3.05) is 19.7 Å². The van der Waals surface area contributed by atoms with Gasteiger partial charge in [0.05, 0.1) is 12.7 Å². The lowest BCUT2D eigenvalue weighted by molar-refractivity contribution is -0.102. The van der Waals surface area contributed by atoms with Crippen LogP contribution in [0.1, 0.15) is 37.3 Å². The zero-order valence-electron chi connectivity index (χ0n) is 12.1. The molecule has 2 N–H and O–H groups in total. The number of nitrogens with zero attached hydrogens (tertiary/aromatic N) is 1. The number of nitrogens with two attached hydrogens (primary N) is 1. The summed E-state index contributed by atoms with van der Waals surface area (Å²) in [4.78, 5) is 2.40. The molecular formula is C16H22ClFN2O. The molecular weight excluding hydrogens is 291 g/mol. The van der Waals surface area contributed by atoms with Gasteiger partial charge in [-0.1, -0.05) is 24.4 Å². The van der Waals surface area contributed by atoms with Crippen LogP contribution in [0.5, 0.6) is 0 Å². The fraction of sp³-hybridized carbons (Fsp3) is 0.625. The van der Waals surface area contributed by atoms with Gasteiger partial charge in [-0.05, 0) is 36.6 Å². The monoisotopic (exact) mass is 312 g/mol. The molecule has 1 saturated carbocycles. The number of morpholine rings is 1. The molecule has 3 nitrogen and oxygen atoms in total. The second-order valence-electron chi connectivity index (χ2n) is 5.95. The van der Waals surface area contributed by atoms with E-state index >= 15 is 0 Å². The molecule has 2 aliphatic rings. The third-order valence-electron chi connectivity index (χ3n) is 4.67. The largest absolute Gasteiger partial charge is 0.375 e. The van der Waals surface area contributed by atoms with Crippen LogP contribution in [0.2, 0.25) is 5.02 Å². The molecule has 0 amide bonds. The molecule has 1 aromatic rings. The maximum atomic E-state index is 13.7. The van der Waals surface area contributed by atoms with Gasteiger partial charge in [-0.15, -0.1) is 0 Å². The van der Waals surface area contributed by atoms with Crippen LogP contribution in [0.25, 0.3) is 0 Å². The maximum absolute atomic E-state index is 13.7. The molecule has 1 aromatic carbocycles. The van der Waals surface area contributed by atoms with Crippen molar-refractivity contribution in [3.8, 4) is 0 Å². The Bertz CT molecular complexity index is 477. The molecule has 0 bridgehead atoms. The van der Waals surface area contributed by atoms with Gasteiger partial charge >= 0.3 is 0 Å². The summed E-state index contributed by atoms with van der Waals surface area (Å²) in [5.41, 5.74) is 6.88. The number of rotatable bonds is 3. The highest BCUT2D eigenvalue weighted by molar-refractivity contribution is 6.30. The lowest BCUT2D eigenvalue weighted by Gasteiger charge is -2.47. The Hall–Kier alpha value is -0.680. The van der Waals surface area contributed by atoms with Crippen molar-refractivity contribution >= 4 is 11.6 Å². The number of ether oxygens (including phenoxy) is 1. The predicted molar refractivity (Wildman–Crippen MR) is 81.9 cm³/mol. The first kappa shape index (κ1) is 15.2. The number of hydrogen-bond acceptors (Lipinski definition) is 3. The van der Waals surface area contributed by atoms with Gasteiger partial charge in [0.1, 0.15) is 5.82 Å². The molecule has 0 spiro atoms. The average Bonchev–Trinajstić information content (AvgIpc) is 2.47. The Kier molecular flexibility index (Phi) is 4.79. The molecule has 1 heterocycles. The molecule has 0 aromatic heterocycles. The van der Waals surface area contributed by atoms with E-state index in [1.54, 1.807) is 6.07 Å². The average molecular weight is 313 g/mol. The maximum Gasteiger partial charge on any atom is 0.125 e. The van der Waals surface area contributed by atoms with Gasteiger partial charge in [-0.3, -0.25) is 4.90 Å². The Morgan fingerprint density at radius 1 is 1.33 bits per heavy atom. The van der Waals surface area contributed by atoms with Crippen LogP contribution in [0.3, 0.4) is 0 Å². The molecule has 3 atom stereocenters. The van der Waals surface area contributed by atoms with E-state index < -0.39 is 0 Å². The minimum absolute atomic E-state index is 0.00713. The van der Waals surface area contributed by atoms with E-state index in [0.717, 1.165) is 31.6 Å². The number of hydrogen-bond donors (Lipinski definition) is 1. The lowest BCUT2D eigenvalue weighted by Crippen LogP contribution is -2.54. The Morgan fingerprint density at radius 2 is 2.14 bits per heavy atom. The fourth-order valence-electron chi connectivity index (χ4n) is 3.74. The van der Waals surface area contributed by atoms with Gasteiger partial charge in [0.2, 0.25) is 0 Å². The summed E-state index contributed by atoms with van der Waals surface area (Å²) in [5, 5.41) is 0.428. The fourth-order valence-corrected chi connectivity index (χ4v) is 3.97. The minimum Gasteiger partial charge on any atom is -0.375 e. The summed E-state index contributed by atoms with van der Waals surface area (Å²) in [6.07, 6.45) is 4.99. The zero-order valence-corrected chi connectivity index (χ0v) is 12.9. The van der Waals surface area contributed by atoms with E-state index in [9.17, 15) is 4.39 Å². The minimum atomic E-state index is -0.301. The molecule has 1 saturated heterocycles. The first-order valence-electron chi connectivity index (χ1n) is 7.72. The second kappa shape index (κ2) is 6.61. The Labute approximate surface area is 130 Å². The van der Waals surface area contributed by atoms with Crippen molar-refractivity contribution in [3.63, 3.8) is 0 Å². The highest BCUT2D eigenvalue weighted by Crippen LogP contribution is 2.34. The van der Waals surface area contributed by atoms with Gasteiger partial charge in [-0.2, -0.15) is 0 Å². The summed E-state index contributed by atoms with van der Waals surface area (Å²) < 4.78 is 19.6. The summed E-state index contributed by atoms with van der Waals surface area (Å²) in [6.45, 7) is 2.03. The van der Waals surface area contributed by atoms with Gasteiger partial charge in [0.25, 0.3) is 0 Å². The third-order valence-corrected chi connectivity index (χ3v) is 4.89. The summed E-state index contributed by atoms with van der Waals surface area (Å²) in [7, 11) is 0. The molecule has 3 rings (SSSR count). The van der Waals surface area contributed by atoms with E-state index in [0.29, 0.717) is 23.7 Å². The van der Waals surface area contributed by atoms with Gasteiger partial charge in [0.15, 0.2) is 0 Å². The molecule has 5 heteroatoms. The number of halogens is 2. The van der Waals surface area contributed by atoms with Crippen molar-refractivity contribution in [1.29, 1.82) is 0 Å². The van der Waals surface area contributed by atoms with E-state index in [-0.39, 0.29) is 11.9 Å². The van der Waals surface area contributed by atoms with E-state index in [2.05, 4.69) is 4.90 Å². The van der Waals surface area contributed by atoms with Gasteiger partial charge < -0.3 is 10.5 Å². The standard InChI is InChI=1S/C16H22ClFN2O/c17-12-7-11(8-13(18)9-12)15(10-19)20-5-6-21-16-4-2-1-3-14(16)20/h7-9,14-16H,1-6,10,19H2. The predicted octanol–water partition coefficient (Wildman–Crippen LogP) is 3.12. The van der Waals surface area contributed by atoms with Crippen LogP contribution in [-0.2, 0) is 4.74 Å². The van der Waals surface area contributed by atoms with Crippen molar-refractivity contribution in [3.05, 3.63) is 34.6 Å². The van der Waals surface area contributed by atoms with E-state index in [4.69, 9.17) is 22.1 Å². The Balaban J connectivity index is 1.87. The second-order valence-corrected chi connectivity index (χ2v) is 6.39. The van der Waals surface area contributed by atoms with Crippen LogP contribution >= 0.6 is 11.6 Å². The number of benzene rings is 1. The third kappa shape index (κ3) is 3.24. The molecule has 2 fully saturated rings. The highest BCUT2D eigenvalue weighted by Gasteiger charge is 2.37. The smallest absolute Gasteiger partial charge is 0.125 e. The lowest BCUT2D eigenvalue weighted by atomic mass is 9.88. The van der Waals surface area contributed by atoms with Crippen molar-refractivity contribution in [2.24, 2.45) is 5.73 Å². The van der Waals surface area contributed by atoms with Crippen LogP contribution in [0.4, 0.5) is 4.39 Å². The number of fused-ring (bicyclic) bond motifs is 1. The molecule has 1 aliphatic carbocycles. The molecule has 1 aliphatic heterocycles. The van der Waals surface area contributed by atoms with E-state index in [1.807, 2.05) is 6.07 Å². The van der Waals surface area contributed by atoms with Gasteiger partial charge in [-0.25, -0.2) is 4.39 Å².